The summed E-state index contributed by atoms with van der Waals surface area (Å²) in [5, 5.41) is 25.5. The first-order chi connectivity index (χ1) is 27.1. The van der Waals surface area contributed by atoms with Crippen LogP contribution in [0, 0.1) is 0 Å². The molecule has 2 bridgehead atoms. The molecule has 4 atom stereocenters. The zero-order valence-electron chi connectivity index (χ0n) is 30.3. The van der Waals surface area contributed by atoms with Gasteiger partial charge < -0.3 is 31.7 Å². The number of aliphatic carboxylic acids is 1. The highest BCUT2D eigenvalue weighted by atomic mass is 32.1. The number of carbonyl (C=O) groups excluding carboxylic acids is 5. The smallest absolute Gasteiger partial charge is 0.326 e. The summed E-state index contributed by atoms with van der Waals surface area (Å²) in [6.07, 6.45) is -0.534. The third kappa shape index (κ3) is 11.0. The Morgan fingerprint density at radius 1 is 0.571 bits per heavy atom. The zero-order valence-corrected chi connectivity index (χ0v) is 31.1. The van der Waals surface area contributed by atoms with Gasteiger partial charge in [0.05, 0.1) is 0 Å². The predicted octanol–water partition coefficient (Wildman–Crippen LogP) is 4.05. The van der Waals surface area contributed by atoms with Crippen molar-refractivity contribution in [3.8, 4) is 11.1 Å². The van der Waals surface area contributed by atoms with Crippen LogP contribution in [0.15, 0.2) is 127 Å². The number of nitrogens with one attached hydrogen (secondary N) is 5. The maximum atomic E-state index is 14.3. The van der Waals surface area contributed by atoms with E-state index in [9.17, 15) is 33.9 Å². The topological polar surface area (TPSA) is 183 Å². The molecule has 0 radical (unpaired) electrons. The summed E-state index contributed by atoms with van der Waals surface area (Å²) in [7, 11) is 0. The molecule has 5 amide bonds. The Morgan fingerprint density at radius 3 is 1.71 bits per heavy atom. The molecule has 5 aromatic rings. The van der Waals surface area contributed by atoms with Crippen molar-refractivity contribution < 1.29 is 33.9 Å². The van der Waals surface area contributed by atoms with Crippen molar-refractivity contribution in [3.63, 3.8) is 0 Å². The summed E-state index contributed by atoms with van der Waals surface area (Å²) >= 11 is 1.39. The highest BCUT2D eigenvalue weighted by Gasteiger charge is 2.32. The van der Waals surface area contributed by atoms with Gasteiger partial charge in [-0.2, -0.15) is 0 Å². The fourth-order valence-electron chi connectivity index (χ4n) is 6.38. The number of fused-ring (bicyclic) bond motifs is 17. The van der Waals surface area contributed by atoms with E-state index in [2.05, 4.69) is 26.6 Å². The van der Waals surface area contributed by atoms with Gasteiger partial charge in [-0.25, -0.2) is 4.79 Å². The minimum absolute atomic E-state index is 0.0156. The van der Waals surface area contributed by atoms with Crippen LogP contribution in [0.2, 0.25) is 0 Å². The standard InChI is InChI=1S/C43H41N5O7S/c49-38-26-39(50)45-36(25-33-12-7-21-56-33)42(53)47-35(23-28-13-17-31(18-14-28)30-10-5-2-6-11-30)40(51)46-34(22-27-8-3-1-4-9-27)41(52)48-37(43(54)55)24-29-15-19-32(44-38)20-16-29/h1-21,34-37H,22-26H2,(H,44,49)(H,45,50)(H,46,51)(H,47,53)(H,48,52)(H,54,55)/t34-,35+,36-,37+/m1/s1. The highest BCUT2D eigenvalue weighted by molar-refractivity contribution is 7.09. The van der Waals surface area contributed by atoms with Gasteiger partial charge in [0.25, 0.3) is 0 Å². The average Bonchev–Trinajstić information content (AvgIpc) is 3.71. The quantitative estimate of drug-likeness (QED) is 0.102. The van der Waals surface area contributed by atoms with Crippen LogP contribution in [0.4, 0.5) is 5.69 Å². The molecule has 2 aliphatic rings. The Morgan fingerprint density at radius 2 is 1.12 bits per heavy atom. The molecular formula is C43H41N5O7S. The molecular weight excluding hydrogens is 731 g/mol. The molecule has 4 aromatic carbocycles. The largest absolute Gasteiger partial charge is 0.480 e. The molecule has 0 spiro atoms. The summed E-state index contributed by atoms with van der Waals surface area (Å²) < 4.78 is 0. The highest BCUT2D eigenvalue weighted by Crippen LogP contribution is 2.20. The van der Waals surface area contributed by atoms with E-state index >= 15 is 0 Å². The number of thiophene rings is 1. The van der Waals surface area contributed by atoms with Crippen LogP contribution >= 0.6 is 11.3 Å². The number of hydrogen-bond donors (Lipinski definition) is 6. The molecule has 3 heterocycles. The van der Waals surface area contributed by atoms with E-state index in [0.29, 0.717) is 22.4 Å². The fraction of sp³-hybridized carbons (Fsp3) is 0.209. The van der Waals surface area contributed by atoms with Gasteiger partial charge in [-0.3, -0.25) is 24.0 Å². The van der Waals surface area contributed by atoms with Gasteiger partial charge in [-0.1, -0.05) is 103 Å². The minimum atomic E-state index is -1.36. The number of rotatable bonds is 8. The van der Waals surface area contributed by atoms with E-state index in [4.69, 9.17) is 0 Å². The van der Waals surface area contributed by atoms with Crippen molar-refractivity contribution in [1.82, 2.24) is 21.3 Å². The molecule has 12 nitrogen and oxygen atoms in total. The van der Waals surface area contributed by atoms with Gasteiger partial charge in [0.1, 0.15) is 30.6 Å². The predicted molar refractivity (Wildman–Crippen MR) is 213 cm³/mol. The number of carbonyl (C=O) groups is 6. The molecule has 1 aromatic heterocycles. The van der Waals surface area contributed by atoms with Crippen molar-refractivity contribution in [2.75, 3.05) is 5.32 Å². The molecule has 6 N–H and O–H groups in total. The Balaban J connectivity index is 1.35. The molecule has 56 heavy (non-hydrogen) atoms. The van der Waals surface area contributed by atoms with Crippen molar-refractivity contribution >= 4 is 52.5 Å². The second-order valence-electron chi connectivity index (χ2n) is 13.5. The lowest BCUT2D eigenvalue weighted by molar-refractivity contribution is -0.142. The summed E-state index contributed by atoms with van der Waals surface area (Å²) in [5.74, 6) is -4.71. The van der Waals surface area contributed by atoms with Crippen LogP contribution in [0.25, 0.3) is 11.1 Å². The third-order valence-corrected chi connectivity index (χ3v) is 10.2. The van der Waals surface area contributed by atoms with Gasteiger partial charge in [0.15, 0.2) is 0 Å². The summed E-state index contributed by atoms with van der Waals surface area (Å²) in [6.45, 7) is 0. The SMILES string of the molecule is O=C1CC(=O)N[C@H](Cc2cccs2)C(=O)N[C@@H](Cc2ccc(-c3ccccc3)cc2)C(=O)N[C@H](Cc2ccccc2)C(=O)N[C@H](C(=O)O)Cc2ccc(cc2)N1. The molecule has 286 valence electrons. The number of anilines is 1. The van der Waals surface area contributed by atoms with E-state index in [1.165, 1.54) is 11.3 Å². The molecule has 0 saturated carbocycles. The minimum Gasteiger partial charge on any atom is -0.480 e. The number of carboxylic acids is 1. The van der Waals surface area contributed by atoms with Gasteiger partial charge in [0, 0.05) is 36.2 Å². The van der Waals surface area contributed by atoms with E-state index in [0.717, 1.165) is 16.0 Å². The van der Waals surface area contributed by atoms with E-state index in [-0.39, 0.29) is 25.7 Å². The second kappa shape index (κ2) is 18.6. The number of hydrogen-bond acceptors (Lipinski definition) is 7. The van der Waals surface area contributed by atoms with E-state index < -0.39 is 66.1 Å². The van der Waals surface area contributed by atoms with Crippen molar-refractivity contribution in [2.24, 2.45) is 0 Å². The maximum absolute atomic E-state index is 14.3. The van der Waals surface area contributed by atoms with Crippen LogP contribution in [-0.4, -0.2) is 64.8 Å². The van der Waals surface area contributed by atoms with E-state index in [1.807, 2.05) is 78.2 Å². The molecule has 0 saturated heterocycles. The van der Waals surface area contributed by atoms with Gasteiger partial charge >= 0.3 is 5.97 Å². The maximum Gasteiger partial charge on any atom is 0.326 e. The Bertz CT molecular complexity index is 2140. The number of amides is 5. The van der Waals surface area contributed by atoms with Crippen LogP contribution in [0.3, 0.4) is 0 Å². The van der Waals surface area contributed by atoms with E-state index in [1.54, 1.807) is 48.5 Å². The molecule has 7 rings (SSSR count). The number of benzene rings is 4. The molecule has 0 unspecified atom stereocenters. The fourth-order valence-corrected chi connectivity index (χ4v) is 7.13. The molecule has 0 fully saturated rings. The lowest BCUT2D eigenvalue weighted by Crippen LogP contribution is -2.59. The molecule has 13 heteroatoms. The van der Waals surface area contributed by atoms with Crippen molar-refractivity contribution in [3.05, 3.63) is 148 Å². The summed E-state index contributed by atoms with van der Waals surface area (Å²) in [5.41, 5.74) is 4.29. The summed E-state index contributed by atoms with van der Waals surface area (Å²) in [4.78, 5) is 81.7. The Hall–Kier alpha value is -6.60. The first-order valence-electron chi connectivity index (χ1n) is 18.1. The third-order valence-electron chi connectivity index (χ3n) is 9.30. The zero-order chi connectivity index (χ0) is 39.4. The Kier molecular flexibility index (Phi) is 13.0. The molecule has 0 aliphatic carbocycles. The lowest BCUT2D eigenvalue weighted by atomic mass is 9.99. The van der Waals surface area contributed by atoms with Gasteiger partial charge in [-0.05, 0) is 51.4 Å². The van der Waals surface area contributed by atoms with Crippen LogP contribution in [-0.2, 0) is 54.5 Å². The van der Waals surface area contributed by atoms with Crippen LogP contribution in [0.1, 0.15) is 28.0 Å². The van der Waals surface area contributed by atoms with Crippen molar-refractivity contribution in [2.45, 2.75) is 56.3 Å². The number of carboxylic acid groups (broad SMARTS) is 1. The second-order valence-corrected chi connectivity index (χ2v) is 14.5. The normalized spacial score (nSPS) is 19.8. The lowest BCUT2D eigenvalue weighted by Gasteiger charge is -2.26. The monoisotopic (exact) mass is 771 g/mol. The first-order valence-corrected chi connectivity index (χ1v) is 19.0. The van der Waals surface area contributed by atoms with Gasteiger partial charge in [0.2, 0.25) is 29.5 Å². The molecule has 2 aliphatic heterocycles. The van der Waals surface area contributed by atoms with Gasteiger partial charge in [-0.15, -0.1) is 11.3 Å². The average molecular weight is 772 g/mol. The van der Waals surface area contributed by atoms with Crippen LogP contribution < -0.4 is 26.6 Å². The van der Waals surface area contributed by atoms with Crippen LogP contribution in [0.5, 0.6) is 0 Å². The first kappa shape index (κ1) is 39.1. The van der Waals surface area contributed by atoms with Crippen molar-refractivity contribution in [1.29, 1.82) is 0 Å². The summed E-state index contributed by atoms with van der Waals surface area (Å²) in [6, 6.07) is 31.2. The Labute approximate surface area is 327 Å².